The Labute approximate surface area is 125 Å². The van der Waals surface area contributed by atoms with Gasteiger partial charge >= 0.3 is 0 Å². The van der Waals surface area contributed by atoms with E-state index >= 15 is 0 Å². The number of phenolic OH excluding ortho intramolecular Hbond substituents is 1. The molecule has 0 aromatic heterocycles. The highest BCUT2D eigenvalue weighted by atomic mass is 19.1. The molecule has 5 heteroatoms. The van der Waals surface area contributed by atoms with Crippen LogP contribution in [-0.4, -0.2) is 42.1 Å². The Kier molecular flexibility index (Phi) is 5.56. The number of carbonyl (C=O) groups excluding carboxylic acids is 1. The van der Waals surface area contributed by atoms with Gasteiger partial charge in [0.05, 0.1) is 0 Å². The SMILES string of the molecule is CCCN(CC1CCCNC1)C(=O)c1c(O)cccc1F. The van der Waals surface area contributed by atoms with Crippen molar-refractivity contribution in [3.8, 4) is 5.75 Å². The number of nitrogens with one attached hydrogen (secondary N) is 1. The second-order valence-corrected chi connectivity index (χ2v) is 5.60. The van der Waals surface area contributed by atoms with E-state index in [4.69, 9.17) is 0 Å². The monoisotopic (exact) mass is 294 g/mol. The molecule has 1 unspecified atom stereocenters. The van der Waals surface area contributed by atoms with Crippen molar-refractivity contribution in [3.63, 3.8) is 0 Å². The predicted molar refractivity (Wildman–Crippen MR) is 79.9 cm³/mol. The van der Waals surface area contributed by atoms with E-state index < -0.39 is 11.7 Å². The van der Waals surface area contributed by atoms with Gasteiger partial charge in [0, 0.05) is 13.1 Å². The van der Waals surface area contributed by atoms with Crippen LogP contribution in [0.25, 0.3) is 0 Å². The maximum absolute atomic E-state index is 13.9. The molecule has 0 aliphatic carbocycles. The Morgan fingerprint density at radius 3 is 2.95 bits per heavy atom. The smallest absolute Gasteiger partial charge is 0.260 e. The standard InChI is InChI=1S/C16H23FN2O2/c1-2-9-19(11-12-5-4-8-18-10-12)16(21)15-13(17)6-3-7-14(15)20/h3,6-7,12,18,20H,2,4-5,8-11H2,1H3. The average molecular weight is 294 g/mol. The number of aromatic hydroxyl groups is 1. The zero-order valence-corrected chi connectivity index (χ0v) is 12.4. The zero-order valence-electron chi connectivity index (χ0n) is 12.4. The van der Waals surface area contributed by atoms with Crippen molar-refractivity contribution in [1.82, 2.24) is 10.2 Å². The number of halogens is 1. The summed E-state index contributed by atoms with van der Waals surface area (Å²) in [5.74, 6) is -0.980. The Hall–Kier alpha value is -1.62. The summed E-state index contributed by atoms with van der Waals surface area (Å²) in [4.78, 5) is 14.2. The maximum atomic E-state index is 13.9. The molecular weight excluding hydrogens is 271 g/mol. The van der Waals surface area contributed by atoms with Crippen molar-refractivity contribution in [1.29, 1.82) is 0 Å². The fraction of sp³-hybridized carbons (Fsp3) is 0.562. The molecular formula is C16H23FN2O2. The number of carbonyl (C=O) groups is 1. The molecule has 2 rings (SSSR count). The number of hydrogen-bond donors (Lipinski definition) is 2. The minimum Gasteiger partial charge on any atom is -0.507 e. The molecule has 1 aliphatic heterocycles. The number of hydrogen-bond acceptors (Lipinski definition) is 3. The van der Waals surface area contributed by atoms with Crippen LogP contribution >= 0.6 is 0 Å². The minimum atomic E-state index is -0.664. The number of benzene rings is 1. The molecule has 1 heterocycles. The van der Waals surface area contributed by atoms with Gasteiger partial charge in [-0.05, 0) is 50.4 Å². The highest BCUT2D eigenvalue weighted by Crippen LogP contribution is 2.23. The molecule has 0 radical (unpaired) electrons. The molecule has 1 atom stereocenters. The highest BCUT2D eigenvalue weighted by Gasteiger charge is 2.25. The summed E-state index contributed by atoms with van der Waals surface area (Å²) in [7, 11) is 0. The third-order valence-electron chi connectivity index (χ3n) is 3.86. The van der Waals surface area contributed by atoms with E-state index in [2.05, 4.69) is 5.32 Å². The van der Waals surface area contributed by atoms with Crippen LogP contribution in [0.15, 0.2) is 18.2 Å². The lowest BCUT2D eigenvalue weighted by Crippen LogP contribution is -2.41. The average Bonchev–Trinajstić information content (AvgIpc) is 2.47. The van der Waals surface area contributed by atoms with Crippen LogP contribution in [0.1, 0.15) is 36.5 Å². The lowest BCUT2D eigenvalue weighted by atomic mass is 9.98. The van der Waals surface area contributed by atoms with Gasteiger partial charge in [0.2, 0.25) is 0 Å². The van der Waals surface area contributed by atoms with Crippen molar-refractivity contribution in [3.05, 3.63) is 29.6 Å². The highest BCUT2D eigenvalue weighted by molar-refractivity contribution is 5.97. The van der Waals surface area contributed by atoms with E-state index in [-0.39, 0.29) is 11.3 Å². The summed E-state index contributed by atoms with van der Waals surface area (Å²) in [5, 5.41) is 13.1. The van der Waals surface area contributed by atoms with Crippen LogP contribution in [0.3, 0.4) is 0 Å². The molecule has 1 aromatic carbocycles. The number of piperidine rings is 1. The van der Waals surface area contributed by atoms with Crippen molar-refractivity contribution >= 4 is 5.91 Å². The summed E-state index contributed by atoms with van der Waals surface area (Å²) in [5.41, 5.74) is -0.213. The van der Waals surface area contributed by atoms with Crippen molar-refractivity contribution in [2.75, 3.05) is 26.2 Å². The third-order valence-corrected chi connectivity index (χ3v) is 3.86. The Bertz CT molecular complexity index is 467. The van der Waals surface area contributed by atoms with E-state index in [1.807, 2.05) is 6.92 Å². The predicted octanol–water partition coefficient (Wildman–Crippen LogP) is 2.38. The lowest BCUT2D eigenvalue weighted by molar-refractivity contribution is 0.0711. The van der Waals surface area contributed by atoms with Crippen LogP contribution in [0, 0.1) is 11.7 Å². The summed E-state index contributed by atoms with van der Waals surface area (Å²) in [6.45, 7) is 5.07. The molecule has 4 nitrogen and oxygen atoms in total. The van der Waals surface area contributed by atoms with E-state index in [1.54, 1.807) is 4.90 Å². The van der Waals surface area contributed by atoms with E-state index in [1.165, 1.54) is 18.2 Å². The first-order chi connectivity index (χ1) is 10.1. The van der Waals surface area contributed by atoms with Crippen LogP contribution in [0.5, 0.6) is 5.75 Å². The van der Waals surface area contributed by atoms with Gasteiger partial charge in [-0.1, -0.05) is 13.0 Å². The van der Waals surface area contributed by atoms with Crippen molar-refractivity contribution in [2.24, 2.45) is 5.92 Å². The lowest BCUT2D eigenvalue weighted by Gasteiger charge is -2.30. The van der Waals surface area contributed by atoms with Crippen molar-refractivity contribution in [2.45, 2.75) is 26.2 Å². The van der Waals surface area contributed by atoms with Gasteiger partial charge in [0.1, 0.15) is 17.1 Å². The van der Waals surface area contributed by atoms with Gasteiger partial charge in [0.25, 0.3) is 5.91 Å². The fourth-order valence-corrected chi connectivity index (χ4v) is 2.82. The minimum absolute atomic E-state index is 0.213. The number of rotatable bonds is 5. The summed E-state index contributed by atoms with van der Waals surface area (Å²) in [6.07, 6.45) is 2.98. The Balaban J connectivity index is 2.14. The van der Waals surface area contributed by atoms with Crippen LogP contribution < -0.4 is 5.32 Å². The first-order valence-corrected chi connectivity index (χ1v) is 7.61. The molecule has 1 aliphatic rings. The van der Waals surface area contributed by atoms with Crippen molar-refractivity contribution < 1.29 is 14.3 Å². The number of phenols is 1. The van der Waals surface area contributed by atoms with Gasteiger partial charge in [-0.25, -0.2) is 4.39 Å². The largest absolute Gasteiger partial charge is 0.507 e. The van der Waals surface area contributed by atoms with Gasteiger partial charge in [-0.2, -0.15) is 0 Å². The molecule has 1 amide bonds. The van der Waals surface area contributed by atoms with E-state index in [0.29, 0.717) is 19.0 Å². The molecule has 0 bridgehead atoms. The first-order valence-electron chi connectivity index (χ1n) is 7.61. The first kappa shape index (κ1) is 15.8. The summed E-state index contributed by atoms with van der Waals surface area (Å²) in [6, 6.07) is 3.96. The molecule has 0 spiro atoms. The van der Waals surface area contributed by atoms with Gasteiger partial charge in [-0.3, -0.25) is 4.79 Å². The number of nitrogens with zero attached hydrogens (tertiary/aromatic N) is 1. The summed E-state index contributed by atoms with van der Waals surface area (Å²) < 4.78 is 13.9. The Morgan fingerprint density at radius 1 is 1.52 bits per heavy atom. The molecule has 21 heavy (non-hydrogen) atoms. The van der Waals surface area contributed by atoms with Gasteiger partial charge in [0.15, 0.2) is 0 Å². The molecule has 1 saturated heterocycles. The quantitative estimate of drug-likeness (QED) is 0.876. The topological polar surface area (TPSA) is 52.6 Å². The van der Waals surface area contributed by atoms with E-state index in [0.717, 1.165) is 32.4 Å². The number of amides is 1. The second kappa shape index (κ2) is 7.41. The third kappa shape index (κ3) is 3.94. The van der Waals surface area contributed by atoms with Crippen LogP contribution in [0.4, 0.5) is 4.39 Å². The van der Waals surface area contributed by atoms with Gasteiger partial charge in [-0.15, -0.1) is 0 Å². The second-order valence-electron chi connectivity index (χ2n) is 5.60. The zero-order chi connectivity index (χ0) is 15.2. The molecule has 116 valence electrons. The maximum Gasteiger partial charge on any atom is 0.260 e. The fourth-order valence-electron chi connectivity index (χ4n) is 2.82. The molecule has 0 saturated carbocycles. The van der Waals surface area contributed by atoms with E-state index in [9.17, 15) is 14.3 Å². The van der Waals surface area contributed by atoms with Gasteiger partial charge < -0.3 is 15.3 Å². The molecule has 2 N–H and O–H groups in total. The summed E-state index contributed by atoms with van der Waals surface area (Å²) >= 11 is 0. The Morgan fingerprint density at radius 2 is 2.33 bits per heavy atom. The molecule has 1 fully saturated rings. The molecule has 1 aromatic rings. The van der Waals surface area contributed by atoms with Crippen LogP contribution in [-0.2, 0) is 0 Å². The normalized spacial score (nSPS) is 18.5. The van der Waals surface area contributed by atoms with Crippen LogP contribution in [0.2, 0.25) is 0 Å².